The van der Waals surface area contributed by atoms with E-state index < -0.39 is 0 Å². The zero-order valence-corrected chi connectivity index (χ0v) is 14.6. The SMILES string of the molecule is O=C1NCCn2nc3c(c21)CCc1cnc(C=Cc2cccc(O)c2)cc1-3. The Balaban J connectivity index is 1.55. The molecule has 1 aromatic carbocycles. The maximum Gasteiger partial charge on any atom is 0.269 e. The normalized spacial score (nSPS) is 15.2. The first-order valence-electron chi connectivity index (χ1n) is 9.03. The van der Waals surface area contributed by atoms with Crippen molar-refractivity contribution in [1.29, 1.82) is 0 Å². The lowest BCUT2D eigenvalue weighted by Gasteiger charge is -2.17. The minimum Gasteiger partial charge on any atom is -0.508 e. The highest BCUT2D eigenvalue weighted by Crippen LogP contribution is 2.35. The van der Waals surface area contributed by atoms with Crippen LogP contribution in [0.25, 0.3) is 23.4 Å². The van der Waals surface area contributed by atoms with Gasteiger partial charge in [0.15, 0.2) is 0 Å². The summed E-state index contributed by atoms with van der Waals surface area (Å²) in [5.74, 6) is 0.207. The Kier molecular flexibility index (Phi) is 3.57. The molecule has 0 atom stereocenters. The maximum atomic E-state index is 12.3. The van der Waals surface area contributed by atoms with Crippen molar-refractivity contribution in [2.45, 2.75) is 19.4 Å². The zero-order valence-electron chi connectivity index (χ0n) is 14.6. The summed E-state index contributed by atoms with van der Waals surface area (Å²) in [4.78, 5) is 16.8. The van der Waals surface area contributed by atoms with E-state index in [4.69, 9.17) is 5.10 Å². The first kappa shape index (κ1) is 15.8. The first-order valence-corrected chi connectivity index (χ1v) is 9.03. The lowest BCUT2D eigenvalue weighted by atomic mass is 9.89. The number of carbonyl (C=O) groups is 1. The molecule has 0 saturated heterocycles. The third kappa shape index (κ3) is 2.70. The van der Waals surface area contributed by atoms with E-state index in [-0.39, 0.29) is 11.7 Å². The number of hydrogen-bond acceptors (Lipinski definition) is 4. The van der Waals surface area contributed by atoms with E-state index in [1.54, 1.807) is 12.1 Å². The summed E-state index contributed by atoms with van der Waals surface area (Å²) in [6.45, 7) is 1.33. The molecule has 3 aromatic rings. The Morgan fingerprint density at radius 1 is 1.19 bits per heavy atom. The summed E-state index contributed by atoms with van der Waals surface area (Å²) in [5.41, 5.74) is 6.58. The van der Waals surface area contributed by atoms with Crippen LogP contribution in [0.1, 0.15) is 32.9 Å². The molecule has 134 valence electrons. The molecule has 3 heterocycles. The van der Waals surface area contributed by atoms with Gasteiger partial charge in [-0.3, -0.25) is 14.5 Å². The highest BCUT2D eigenvalue weighted by atomic mass is 16.3. The number of hydrogen-bond donors (Lipinski definition) is 2. The number of phenols is 1. The van der Waals surface area contributed by atoms with Crippen LogP contribution in [0.3, 0.4) is 0 Å². The third-order valence-corrected chi connectivity index (χ3v) is 5.10. The summed E-state index contributed by atoms with van der Waals surface area (Å²) in [6.07, 6.45) is 7.41. The molecule has 1 aliphatic heterocycles. The number of carbonyl (C=O) groups excluding carboxylic acids is 1. The maximum absolute atomic E-state index is 12.3. The van der Waals surface area contributed by atoms with Gasteiger partial charge in [0.2, 0.25) is 0 Å². The average Bonchev–Trinajstić information content (AvgIpc) is 3.07. The lowest BCUT2D eigenvalue weighted by Crippen LogP contribution is -2.36. The van der Waals surface area contributed by atoms with Crippen LogP contribution in [0, 0.1) is 0 Å². The Bertz CT molecular complexity index is 1100. The number of aromatic nitrogens is 3. The summed E-state index contributed by atoms with van der Waals surface area (Å²) in [5, 5.41) is 17.2. The van der Waals surface area contributed by atoms with Gasteiger partial charge in [0, 0.05) is 23.9 Å². The topological polar surface area (TPSA) is 80.0 Å². The standard InChI is InChI=1S/C21H18N4O2/c26-16-3-1-2-13(10-16)4-6-15-11-18-14(12-23-15)5-7-17-19(18)24-25-9-8-22-21(27)20(17)25/h1-4,6,10-12,26H,5,7-9H2,(H,22,27). The van der Waals surface area contributed by atoms with Crippen molar-refractivity contribution in [2.75, 3.05) is 6.54 Å². The van der Waals surface area contributed by atoms with Crippen LogP contribution >= 0.6 is 0 Å². The average molecular weight is 358 g/mol. The second kappa shape index (κ2) is 6.09. The van der Waals surface area contributed by atoms with Crippen molar-refractivity contribution in [2.24, 2.45) is 0 Å². The number of amides is 1. The summed E-state index contributed by atoms with van der Waals surface area (Å²) >= 11 is 0. The molecule has 27 heavy (non-hydrogen) atoms. The van der Waals surface area contributed by atoms with Crippen molar-refractivity contribution < 1.29 is 9.90 Å². The third-order valence-electron chi connectivity index (χ3n) is 5.10. The molecule has 0 saturated carbocycles. The van der Waals surface area contributed by atoms with Crippen LogP contribution in [-0.2, 0) is 19.4 Å². The largest absolute Gasteiger partial charge is 0.508 e. The number of phenolic OH excluding ortho intramolecular Hbond substituents is 1. The van der Waals surface area contributed by atoms with Crippen molar-refractivity contribution in [1.82, 2.24) is 20.1 Å². The molecule has 0 fully saturated rings. The highest BCUT2D eigenvalue weighted by Gasteiger charge is 2.30. The molecule has 6 nitrogen and oxygen atoms in total. The molecule has 2 N–H and O–H groups in total. The second-order valence-corrected chi connectivity index (χ2v) is 6.85. The highest BCUT2D eigenvalue weighted by molar-refractivity contribution is 5.97. The Hall–Kier alpha value is -3.41. The van der Waals surface area contributed by atoms with Crippen molar-refractivity contribution in [3.8, 4) is 17.0 Å². The van der Waals surface area contributed by atoms with Crippen LogP contribution in [0.15, 0.2) is 36.5 Å². The number of fused-ring (bicyclic) bond motifs is 5. The number of aromatic hydroxyl groups is 1. The van der Waals surface area contributed by atoms with Crippen LogP contribution < -0.4 is 5.32 Å². The molecular weight excluding hydrogens is 340 g/mol. The van der Waals surface area contributed by atoms with Gasteiger partial charge < -0.3 is 10.4 Å². The molecular formula is C21H18N4O2. The molecule has 0 unspecified atom stereocenters. The number of nitrogens with one attached hydrogen (secondary N) is 1. The van der Waals surface area contributed by atoms with Gasteiger partial charge >= 0.3 is 0 Å². The predicted octanol–water partition coefficient (Wildman–Crippen LogP) is 2.66. The van der Waals surface area contributed by atoms with E-state index in [0.717, 1.165) is 46.5 Å². The number of aryl methyl sites for hydroxylation is 1. The molecule has 2 aromatic heterocycles. The number of benzene rings is 1. The number of pyridine rings is 1. The molecule has 1 amide bonds. The summed E-state index contributed by atoms with van der Waals surface area (Å²) < 4.78 is 1.83. The Morgan fingerprint density at radius 2 is 2.11 bits per heavy atom. The van der Waals surface area contributed by atoms with Gasteiger partial charge in [-0.15, -0.1) is 0 Å². The fourth-order valence-electron chi connectivity index (χ4n) is 3.81. The van der Waals surface area contributed by atoms with Crippen LogP contribution in [0.5, 0.6) is 5.75 Å². The van der Waals surface area contributed by atoms with E-state index in [9.17, 15) is 9.90 Å². The quantitative estimate of drug-likeness (QED) is 0.738. The monoisotopic (exact) mass is 358 g/mol. The molecule has 1 aliphatic carbocycles. The molecule has 0 radical (unpaired) electrons. The lowest BCUT2D eigenvalue weighted by molar-refractivity contribution is 0.0923. The van der Waals surface area contributed by atoms with E-state index in [0.29, 0.717) is 18.8 Å². The van der Waals surface area contributed by atoms with Crippen LogP contribution in [0.4, 0.5) is 0 Å². The van der Waals surface area contributed by atoms with E-state index in [1.165, 1.54) is 0 Å². The molecule has 0 bridgehead atoms. The molecule has 6 heteroatoms. The van der Waals surface area contributed by atoms with Crippen molar-refractivity contribution >= 4 is 18.1 Å². The molecule has 2 aliphatic rings. The van der Waals surface area contributed by atoms with Crippen molar-refractivity contribution in [3.05, 3.63) is 64.6 Å². The Labute approximate surface area is 156 Å². The van der Waals surface area contributed by atoms with Gasteiger partial charge in [0.1, 0.15) is 11.4 Å². The summed E-state index contributed by atoms with van der Waals surface area (Å²) in [6, 6.07) is 9.11. The van der Waals surface area contributed by atoms with Gasteiger partial charge in [-0.05, 0) is 48.2 Å². The number of nitrogens with zero attached hydrogens (tertiary/aromatic N) is 3. The number of rotatable bonds is 2. The van der Waals surface area contributed by atoms with E-state index in [2.05, 4.69) is 10.3 Å². The zero-order chi connectivity index (χ0) is 18.4. The molecule has 5 rings (SSSR count). The van der Waals surface area contributed by atoms with Crippen molar-refractivity contribution in [3.63, 3.8) is 0 Å². The fraction of sp³-hybridized carbons (Fsp3) is 0.190. The second-order valence-electron chi connectivity index (χ2n) is 6.85. The van der Waals surface area contributed by atoms with E-state index >= 15 is 0 Å². The molecule has 0 spiro atoms. The smallest absolute Gasteiger partial charge is 0.269 e. The van der Waals surface area contributed by atoms with Crippen LogP contribution in [-0.4, -0.2) is 32.3 Å². The van der Waals surface area contributed by atoms with Gasteiger partial charge in [-0.25, -0.2) is 0 Å². The van der Waals surface area contributed by atoms with E-state index in [1.807, 2.05) is 41.2 Å². The van der Waals surface area contributed by atoms with Gasteiger partial charge in [0.05, 0.1) is 17.9 Å². The van der Waals surface area contributed by atoms with Gasteiger partial charge in [-0.2, -0.15) is 5.10 Å². The van der Waals surface area contributed by atoms with Crippen LogP contribution in [0.2, 0.25) is 0 Å². The minimum atomic E-state index is -0.0310. The predicted molar refractivity (Wildman–Crippen MR) is 102 cm³/mol. The Morgan fingerprint density at radius 3 is 3.00 bits per heavy atom. The van der Waals surface area contributed by atoms with Gasteiger partial charge in [0.25, 0.3) is 5.91 Å². The first-order chi connectivity index (χ1) is 13.2. The van der Waals surface area contributed by atoms with Gasteiger partial charge in [-0.1, -0.05) is 18.2 Å². The minimum absolute atomic E-state index is 0.0310. The fourth-order valence-corrected chi connectivity index (χ4v) is 3.81. The summed E-state index contributed by atoms with van der Waals surface area (Å²) in [7, 11) is 0.